The predicted molar refractivity (Wildman–Crippen MR) is 107 cm³/mol. The number of urea groups is 1. The van der Waals surface area contributed by atoms with Gasteiger partial charge in [-0.15, -0.1) is 0 Å². The minimum atomic E-state index is -0.555. The summed E-state index contributed by atoms with van der Waals surface area (Å²) >= 11 is 4.10. The highest BCUT2D eigenvalue weighted by molar-refractivity contribution is 14.1. The molecule has 2 aromatic rings. The number of rotatable bonds is 3. The topological polar surface area (TPSA) is 69.6 Å². The lowest BCUT2D eigenvalue weighted by molar-refractivity contribution is -0.123. The van der Waals surface area contributed by atoms with E-state index in [9.17, 15) is 19.1 Å². The largest absolute Gasteiger partial charge is 0.506 e. The van der Waals surface area contributed by atoms with Crippen molar-refractivity contribution < 1.29 is 19.1 Å². The van der Waals surface area contributed by atoms with Gasteiger partial charge < -0.3 is 10.4 Å². The van der Waals surface area contributed by atoms with E-state index in [-0.39, 0.29) is 23.8 Å². The molecule has 0 unspecified atom stereocenters. The van der Waals surface area contributed by atoms with Gasteiger partial charge in [-0.1, -0.05) is 12.1 Å². The molecule has 128 valence electrons. The Morgan fingerprint density at radius 1 is 1.16 bits per heavy atom. The van der Waals surface area contributed by atoms with E-state index in [1.54, 1.807) is 12.1 Å². The minimum absolute atomic E-state index is 0.0398. The molecule has 0 aliphatic carbocycles. The van der Waals surface area contributed by atoms with Crippen LogP contribution in [0.3, 0.4) is 0 Å². The van der Waals surface area contributed by atoms with E-state index < -0.39 is 11.9 Å². The summed E-state index contributed by atoms with van der Waals surface area (Å²) in [6.07, 6.45) is 1.45. The molecule has 1 aliphatic rings. The fourth-order valence-corrected chi connectivity index (χ4v) is 4.23. The lowest BCUT2D eigenvalue weighted by Crippen LogP contribution is -2.30. The summed E-state index contributed by atoms with van der Waals surface area (Å²) in [7, 11) is 0. The van der Waals surface area contributed by atoms with Crippen LogP contribution in [0.25, 0.3) is 6.08 Å². The number of imide groups is 1. The van der Waals surface area contributed by atoms with Crippen molar-refractivity contribution in [2.45, 2.75) is 6.54 Å². The number of nitrogens with one attached hydrogen (secondary N) is 1. The second kappa shape index (κ2) is 7.28. The van der Waals surface area contributed by atoms with Crippen molar-refractivity contribution in [3.05, 3.63) is 66.2 Å². The lowest BCUT2D eigenvalue weighted by atomic mass is 10.1. The third kappa shape index (κ3) is 3.94. The van der Waals surface area contributed by atoms with Gasteiger partial charge in [-0.25, -0.2) is 9.18 Å². The van der Waals surface area contributed by atoms with Gasteiger partial charge in [-0.3, -0.25) is 9.69 Å². The van der Waals surface area contributed by atoms with Crippen molar-refractivity contribution in [3.8, 4) is 5.75 Å². The van der Waals surface area contributed by atoms with Crippen LogP contribution in [0.15, 0.2) is 42.1 Å². The molecule has 0 spiro atoms. The molecular weight excluding hydrogens is 553 g/mol. The van der Waals surface area contributed by atoms with E-state index in [1.807, 2.05) is 22.6 Å². The molecule has 0 atom stereocenters. The van der Waals surface area contributed by atoms with Crippen LogP contribution in [0.1, 0.15) is 11.1 Å². The number of phenols is 1. The van der Waals surface area contributed by atoms with Gasteiger partial charge in [-0.2, -0.15) is 0 Å². The van der Waals surface area contributed by atoms with Crippen molar-refractivity contribution in [2.24, 2.45) is 0 Å². The number of hydrogen-bond donors (Lipinski definition) is 2. The number of nitrogens with zero attached hydrogens (tertiary/aromatic N) is 1. The number of phenolic OH excluding ortho intramolecular Hbond substituents is 1. The third-order valence-electron chi connectivity index (χ3n) is 3.57. The van der Waals surface area contributed by atoms with Gasteiger partial charge >= 0.3 is 6.03 Å². The zero-order valence-corrected chi connectivity index (χ0v) is 16.9. The Bertz CT molecular complexity index is 898. The molecule has 25 heavy (non-hydrogen) atoms. The van der Waals surface area contributed by atoms with E-state index in [0.29, 0.717) is 14.7 Å². The molecule has 1 fully saturated rings. The van der Waals surface area contributed by atoms with E-state index in [4.69, 9.17) is 0 Å². The Morgan fingerprint density at radius 2 is 1.84 bits per heavy atom. The highest BCUT2D eigenvalue weighted by Gasteiger charge is 2.33. The molecule has 2 aromatic carbocycles. The van der Waals surface area contributed by atoms with Crippen molar-refractivity contribution in [1.82, 2.24) is 10.2 Å². The van der Waals surface area contributed by atoms with Crippen LogP contribution in [0.2, 0.25) is 0 Å². The van der Waals surface area contributed by atoms with Crippen molar-refractivity contribution >= 4 is 63.2 Å². The molecular formula is C17H11FI2N2O3. The van der Waals surface area contributed by atoms with Crippen LogP contribution in [0.5, 0.6) is 5.75 Å². The molecule has 1 saturated heterocycles. The Kier molecular flexibility index (Phi) is 5.27. The fraction of sp³-hybridized carbons (Fsp3) is 0.0588. The summed E-state index contributed by atoms with van der Waals surface area (Å²) < 4.78 is 14.5. The van der Waals surface area contributed by atoms with Crippen LogP contribution in [0, 0.1) is 13.0 Å². The summed E-state index contributed by atoms with van der Waals surface area (Å²) in [5, 5.41) is 12.6. The molecule has 0 bridgehead atoms. The monoisotopic (exact) mass is 564 g/mol. The van der Waals surface area contributed by atoms with Crippen LogP contribution >= 0.6 is 45.2 Å². The molecule has 0 aromatic heterocycles. The van der Waals surface area contributed by atoms with Gasteiger partial charge in [0.1, 0.15) is 17.3 Å². The van der Waals surface area contributed by atoms with Crippen molar-refractivity contribution in [2.75, 3.05) is 0 Å². The van der Waals surface area contributed by atoms with Crippen molar-refractivity contribution in [1.29, 1.82) is 0 Å². The Morgan fingerprint density at radius 3 is 2.52 bits per heavy atom. The minimum Gasteiger partial charge on any atom is -0.506 e. The zero-order chi connectivity index (χ0) is 18.1. The first-order valence-corrected chi connectivity index (χ1v) is 9.28. The summed E-state index contributed by atoms with van der Waals surface area (Å²) in [6.45, 7) is 0.0398. The van der Waals surface area contributed by atoms with E-state index in [2.05, 4.69) is 27.9 Å². The molecule has 1 heterocycles. The van der Waals surface area contributed by atoms with Gasteiger partial charge in [0.15, 0.2) is 0 Å². The molecule has 3 rings (SSSR count). The quantitative estimate of drug-likeness (QED) is 0.339. The average molecular weight is 564 g/mol. The van der Waals surface area contributed by atoms with Gasteiger partial charge in [0.2, 0.25) is 0 Å². The second-order valence-electron chi connectivity index (χ2n) is 5.33. The Balaban J connectivity index is 1.87. The highest BCUT2D eigenvalue weighted by atomic mass is 127. The standard InChI is InChI=1S/C17H11FI2N2O3/c18-11-3-1-9(2-4-11)8-22-16(24)14(21-17(22)25)6-10-5-12(19)7-13(20)15(10)23/h1-7,23H,8H2,(H,21,25)/b14-6+. The summed E-state index contributed by atoms with van der Waals surface area (Å²) in [5.74, 6) is -0.833. The van der Waals surface area contributed by atoms with Gasteiger partial charge in [-0.05, 0) is 81.1 Å². The van der Waals surface area contributed by atoms with Gasteiger partial charge in [0, 0.05) is 9.13 Å². The number of hydrogen-bond acceptors (Lipinski definition) is 3. The summed E-state index contributed by atoms with van der Waals surface area (Å²) in [4.78, 5) is 25.6. The average Bonchev–Trinajstić information content (AvgIpc) is 2.81. The molecule has 0 saturated carbocycles. The molecule has 8 heteroatoms. The molecule has 2 N–H and O–H groups in total. The van der Waals surface area contributed by atoms with Crippen LogP contribution in [-0.4, -0.2) is 21.9 Å². The number of carbonyl (C=O) groups excluding carboxylic acids is 2. The van der Waals surface area contributed by atoms with Gasteiger partial charge in [0.25, 0.3) is 5.91 Å². The van der Waals surface area contributed by atoms with E-state index in [0.717, 1.165) is 8.47 Å². The smallest absolute Gasteiger partial charge is 0.329 e. The number of aromatic hydroxyl groups is 1. The Labute approximate surface area is 170 Å². The van der Waals surface area contributed by atoms with Gasteiger partial charge in [0.05, 0.1) is 10.1 Å². The lowest BCUT2D eigenvalue weighted by Gasteiger charge is -2.11. The van der Waals surface area contributed by atoms with Crippen LogP contribution in [-0.2, 0) is 11.3 Å². The molecule has 0 radical (unpaired) electrons. The predicted octanol–water partition coefficient (Wildman–Crippen LogP) is 3.83. The molecule has 1 aliphatic heterocycles. The normalized spacial score (nSPS) is 15.8. The third-order valence-corrected chi connectivity index (χ3v) is 5.02. The molecule has 5 nitrogen and oxygen atoms in total. The van der Waals surface area contributed by atoms with Crippen LogP contribution in [0.4, 0.5) is 9.18 Å². The maximum absolute atomic E-state index is 13.0. The van der Waals surface area contributed by atoms with E-state index in [1.165, 1.54) is 30.3 Å². The summed E-state index contributed by atoms with van der Waals surface area (Å²) in [6, 6.07) is 8.55. The zero-order valence-electron chi connectivity index (χ0n) is 12.6. The van der Waals surface area contributed by atoms with Crippen LogP contribution < -0.4 is 5.32 Å². The number of halogens is 3. The summed E-state index contributed by atoms with van der Waals surface area (Å²) in [5.41, 5.74) is 1.17. The second-order valence-corrected chi connectivity index (χ2v) is 7.74. The number of carbonyl (C=O) groups is 2. The maximum Gasteiger partial charge on any atom is 0.329 e. The SMILES string of the molecule is O=C1N/C(=C/c2cc(I)cc(I)c2O)C(=O)N1Cc1ccc(F)cc1. The number of benzene rings is 2. The first kappa shape index (κ1) is 18.1. The first-order valence-electron chi connectivity index (χ1n) is 7.12. The van der Waals surface area contributed by atoms with E-state index >= 15 is 0 Å². The maximum atomic E-state index is 13.0. The molecule has 3 amide bonds. The highest BCUT2D eigenvalue weighted by Crippen LogP contribution is 2.29. The first-order chi connectivity index (χ1) is 11.8. The number of amides is 3. The Hall–Kier alpha value is -1.69. The fourth-order valence-electron chi connectivity index (χ4n) is 2.34. The van der Waals surface area contributed by atoms with Crippen molar-refractivity contribution in [3.63, 3.8) is 0 Å².